The van der Waals surface area contributed by atoms with E-state index in [1.807, 2.05) is 0 Å². The van der Waals surface area contributed by atoms with Gasteiger partial charge in [0.25, 0.3) is 0 Å². The molecule has 11 heavy (non-hydrogen) atoms. The van der Waals surface area contributed by atoms with Crippen LogP contribution in [0, 0.1) is 11.6 Å². The summed E-state index contributed by atoms with van der Waals surface area (Å²) < 4.78 is 25.2. The number of hydrogen-bond acceptors (Lipinski definition) is 3. The van der Waals surface area contributed by atoms with Crippen LogP contribution in [0.15, 0.2) is 23.1 Å². The van der Waals surface area contributed by atoms with Crippen LogP contribution in [-0.2, 0) is 0 Å². The predicted molar refractivity (Wildman–Crippen MR) is 48.8 cm³/mol. The van der Waals surface area contributed by atoms with E-state index in [2.05, 4.69) is 11.7 Å². The first-order valence-corrected chi connectivity index (χ1v) is 5.87. The highest BCUT2D eigenvalue weighted by Gasteiger charge is 2.02. The standard InChI is InChI=1S/C6H4F2S3/c7-4-1-2-5(8)6(3-4)10-11-9/h1-3,9H. The van der Waals surface area contributed by atoms with Crippen LogP contribution in [0.2, 0.25) is 0 Å². The van der Waals surface area contributed by atoms with E-state index in [1.54, 1.807) is 0 Å². The zero-order valence-corrected chi connectivity index (χ0v) is 7.78. The number of halogens is 2. The topological polar surface area (TPSA) is 0 Å². The summed E-state index contributed by atoms with van der Waals surface area (Å²) in [7, 11) is 2.16. The largest absolute Gasteiger partial charge is 0.207 e. The second kappa shape index (κ2) is 4.23. The van der Waals surface area contributed by atoms with Crippen molar-refractivity contribution in [3.05, 3.63) is 29.8 Å². The van der Waals surface area contributed by atoms with E-state index in [0.717, 1.165) is 38.8 Å². The Balaban J connectivity index is 2.93. The van der Waals surface area contributed by atoms with Gasteiger partial charge in [-0.25, -0.2) is 8.78 Å². The lowest BCUT2D eigenvalue weighted by atomic mass is 10.3. The van der Waals surface area contributed by atoms with Crippen LogP contribution in [0.25, 0.3) is 0 Å². The summed E-state index contributed by atoms with van der Waals surface area (Å²) in [5.74, 6) is -0.853. The van der Waals surface area contributed by atoms with E-state index >= 15 is 0 Å². The monoisotopic (exact) mass is 210 g/mol. The molecule has 0 aliphatic carbocycles. The molecule has 0 fully saturated rings. The first-order valence-electron chi connectivity index (χ1n) is 2.67. The highest BCUT2D eigenvalue weighted by molar-refractivity contribution is 9.05. The van der Waals surface area contributed by atoms with Crippen LogP contribution in [-0.4, -0.2) is 0 Å². The fourth-order valence-corrected chi connectivity index (χ4v) is 2.32. The summed E-state index contributed by atoms with van der Waals surface area (Å²) in [5.41, 5.74) is 0. The molecule has 0 aromatic heterocycles. The Kier molecular flexibility index (Phi) is 3.54. The maximum absolute atomic E-state index is 12.7. The van der Waals surface area contributed by atoms with Gasteiger partial charge in [0.2, 0.25) is 0 Å². The average molecular weight is 210 g/mol. The number of thiol groups is 1. The van der Waals surface area contributed by atoms with Gasteiger partial charge >= 0.3 is 0 Å². The van der Waals surface area contributed by atoms with Crippen molar-refractivity contribution < 1.29 is 8.78 Å². The van der Waals surface area contributed by atoms with Gasteiger partial charge in [-0.15, -0.1) is 0 Å². The second-order valence-electron chi connectivity index (χ2n) is 1.73. The van der Waals surface area contributed by atoms with Crippen LogP contribution in [0.4, 0.5) is 8.78 Å². The SMILES string of the molecule is Fc1ccc(F)c(SSS)c1. The van der Waals surface area contributed by atoms with Crippen LogP contribution in [0.5, 0.6) is 0 Å². The van der Waals surface area contributed by atoms with Gasteiger partial charge in [-0.05, 0) is 38.8 Å². The minimum atomic E-state index is -0.434. The van der Waals surface area contributed by atoms with Crippen molar-refractivity contribution >= 4 is 32.3 Å². The third-order valence-electron chi connectivity index (χ3n) is 1.02. The molecule has 0 heterocycles. The third kappa shape index (κ3) is 2.57. The van der Waals surface area contributed by atoms with Crippen molar-refractivity contribution in [2.75, 3.05) is 0 Å². The molecule has 0 bridgehead atoms. The molecule has 0 unspecified atom stereocenters. The van der Waals surface area contributed by atoms with Crippen LogP contribution in [0.3, 0.4) is 0 Å². The van der Waals surface area contributed by atoms with E-state index in [4.69, 9.17) is 0 Å². The fraction of sp³-hybridized carbons (Fsp3) is 0. The van der Waals surface area contributed by atoms with Gasteiger partial charge < -0.3 is 0 Å². The van der Waals surface area contributed by atoms with Crippen molar-refractivity contribution in [1.29, 1.82) is 0 Å². The zero-order chi connectivity index (χ0) is 8.27. The molecule has 0 N–H and O–H groups in total. The normalized spacial score (nSPS) is 10.1. The molecular formula is C6H4F2S3. The van der Waals surface area contributed by atoms with E-state index < -0.39 is 11.6 Å². The molecule has 5 heteroatoms. The number of hydrogen-bond donors (Lipinski definition) is 1. The fourth-order valence-electron chi connectivity index (χ4n) is 0.581. The maximum atomic E-state index is 12.7. The van der Waals surface area contributed by atoms with Gasteiger partial charge in [0.05, 0.1) is 4.90 Å². The molecule has 1 aromatic carbocycles. The van der Waals surface area contributed by atoms with Gasteiger partial charge in [0.1, 0.15) is 11.6 Å². The first-order chi connectivity index (χ1) is 5.24. The Morgan fingerprint density at radius 2 is 2.00 bits per heavy atom. The Bertz CT molecular complexity index is 252. The van der Waals surface area contributed by atoms with Gasteiger partial charge in [0.15, 0.2) is 0 Å². The lowest BCUT2D eigenvalue weighted by Crippen LogP contribution is -1.80. The molecule has 0 spiro atoms. The Morgan fingerprint density at radius 3 is 2.64 bits per heavy atom. The molecule has 0 saturated heterocycles. The minimum Gasteiger partial charge on any atom is -0.207 e. The second-order valence-corrected chi connectivity index (χ2v) is 4.78. The summed E-state index contributed by atoms with van der Waals surface area (Å²) >= 11 is 3.80. The van der Waals surface area contributed by atoms with Gasteiger partial charge in [-0.1, -0.05) is 11.7 Å². The van der Waals surface area contributed by atoms with Crippen molar-refractivity contribution in [2.45, 2.75) is 4.90 Å². The molecule has 0 nitrogen and oxygen atoms in total. The lowest BCUT2D eigenvalue weighted by molar-refractivity contribution is 0.577. The van der Waals surface area contributed by atoms with E-state index in [-0.39, 0.29) is 4.90 Å². The Hall–Kier alpha value is 0.130. The molecule has 0 radical (unpaired) electrons. The lowest BCUT2D eigenvalue weighted by Gasteiger charge is -1.97. The van der Waals surface area contributed by atoms with Crippen LogP contribution in [0.1, 0.15) is 0 Å². The Labute approximate surface area is 76.0 Å². The van der Waals surface area contributed by atoms with E-state index in [9.17, 15) is 8.78 Å². The van der Waals surface area contributed by atoms with Crippen molar-refractivity contribution in [1.82, 2.24) is 0 Å². The molecule has 0 saturated carbocycles. The summed E-state index contributed by atoms with van der Waals surface area (Å²) in [4.78, 5) is 0.269. The van der Waals surface area contributed by atoms with Gasteiger partial charge in [-0.2, -0.15) is 0 Å². The quantitative estimate of drug-likeness (QED) is 0.585. The number of benzene rings is 1. The van der Waals surface area contributed by atoms with E-state index in [0.29, 0.717) is 0 Å². The smallest absolute Gasteiger partial charge is 0.137 e. The minimum absolute atomic E-state index is 0.269. The zero-order valence-electron chi connectivity index (χ0n) is 5.25. The molecule has 0 aliphatic heterocycles. The first kappa shape index (κ1) is 9.22. The van der Waals surface area contributed by atoms with Crippen LogP contribution >= 0.6 is 32.3 Å². The molecule has 0 atom stereocenters. The highest BCUT2D eigenvalue weighted by Crippen LogP contribution is 2.35. The molecular weight excluding hydrogens is 206 g/mol. The molecule has 0 aliphatic rings. The van der Waals surface area contributed by atoms with E-state index in [1.165, 1.54) is 0 Å². The summed E-state index contributed by atoms with van der Waals surface area (Å²) in [5, 5.41) is 0. The molecule has 1 aromatic rings. The van der Waals surface area contributed by atoms with Crippen molar-refractivity contribution in [3.8, 4) is 0 Å². The summed E-state index contributed by atoms with van der Waals surface area (Å²) in [6.07, 6.45) is 0. The van der Waals surface area contributed by atoms with Gasteiger partial charge in [0, 0.05) is 0 Å². The third-order valence-corrected chi connectivity index (χ3v) is 3.02. The molecule has 1 rings (SSSR count). The molecule has 60 valence electrons. The van der Waals surface area contributed by atoms with Crippen LogP contribution < -0.4 is 0 Å². The average Bonchev–Trinajstić information content (AvgIpc) is 1.98. The van der Waals surface area contributed by atoms with Crippen molar-refractivity contribution in [2.24, 2.45) is 0 Å². The summed E-state index contributed by atoms with van der Waals surface area (Å²) in [6, 6.07) is 3.33. The van der Waals surface area contributed by atoms with Crippen molar-refractivity contribution in [3.63, 3.8) is 0 Å². The summed E-state index contributed by atoms with van der Waals surface area (Å²) in [6.45, 7) is 0. The Morgan fingerprint density at radius 1 is 1.27 bits per heavy atom. The van der Waals surface area contributed by atoms with Gasteiger partial charge in [-0.3, -0.25) is 0 Å². The highest BCUT2D eigenvalue weighted by atomic mass is 33.5. The number of rotatable bonds is 2. The predicted octanol–water partition coefficient (Wildman–Crippen LogP) is 3.55. The molecule has 0 amide bonds. The maximum Gasteiger partial charge on any atom is 0.137 e.